The molecule has 1 heterocycles. The lowest BCUT2D eigenvalue weighted by Gasteiger charge is -2.28. The van der Waals surface area contributed by atoms with Gasteiger partial charge in [-0.25, -0.2) is 9.59 Å². The maximum atomic E-state index is 11.8. The zero-order valence-corrected chi connectivity index (χ0v) is 11.0. The molecule has 1 atom stereocenters. The van der Waals surface area contributed by atoms with Gasteiger partial charge in [0.1, 0.15) is 12.6 Å². The summed E-state index contributed by atoms with van der Waals surface area (Å²) in [5.41, 5.74) is 0. The van der Waals surface area contributed by atoms with Gasteiger partial charge in [0.25, 0.3) is 0 Å². The molecule has 9 heteroatoms. The number of carbonyl (C=O) groups is 4. The standard InChI is InChI=1S/C11H17N3O6/c1-20-9(16)3-2-7(10(17)18)13-11(19)14-5-4-12-8(15)6-14/h7H,2-6H2,1H3,(H,12,15)(H,13,19)(H,17,18)/t7-/m0/s1. The van der Waals surface area contributed by atoms with Crippen LogP contribution in [0.3, 0.4) is 0 Å². The number of nitrogens with zero attached hydrogens (tertiary/aromatic N) is 1. The molecule has 1 fully saturated rings. The highest BCUT2D eigenvalue weighted by Crippen LogP contribution is 2.02. The first-order valence-corrected chi connectivity index (χ1v) is 6.05. The van der Waals surface area contributed by atoms with Gasteiger partial charge in [0, 0.05) is 19.5 Å². The van der Waals surface area contributed by atoms with E-state index in [4.69, 9.17) is 5.11 Å². The molecule has 0 aromatic rings. The highest BCUT2D eigenvalue weighted by atomic mass is 16.5. The van der Waals surface area contributed by atoms with Crippen molar-refractivity contribution in [1.29, 1.82) is 0 Å². The van der Waals surface area contributed by atoms with E-state index in [1.54, 1.807) is 0 Å². The molecule has 0 spiro atoms. The first-order chi connectivity index (χ1) is 9.43. The molecule has 0 unspecified atom stereocenters. The van der Waals surface area contributed by atoms with E-state index in [9.17, 15) is 19.2 Å². The minimum absolute atomic E-state index is 0.0756. The van der Waals surface area contributed by atoms with E-state index >= 15 is 0 Å². The van der Waals surface area contributed by atoms with Crippen LogP contribution in [0.4, 0.5) is 4.79 Å². The van der Waals surface area contributed by atoms with Crippen molar-refractivity contribution in [3.8, 4) is 0 Å². The number of hydrogen-bond acceptors (Lipinski definition) is 5. The first kappa shape index (κ1) is 15.7. The normalized spacial score (nSPS) is 16.1. The topological polar surface area (TPSA) is 125 Å². The number of ether oxygens (including phenoxy) is 1. The fourth-order valence-electron chi connectivity index (χ4n) is 1.67. The summed E-state index contributed by atoms with van der Waals surface area (Å²) in [6.07, 6.45) is -0.192. The maximum absolute atomic E-state index is 11.8. The second kappa shape index (κ2) is 7.31. The van der Waals surface area contributed by atoms with Gasteiger partial charge in [0.15, 0.2) is 0 Å². The number of amides is 3. The average molecular weight is 287 g/mol. The summed E-state index contributed by atoms with van der Waals surface area (Å²) < 4.78 is 4.41. The second-order valence-corrected chi connectivity index (χ2v) is 4.23. The molecule has 3 amide bonds. The molecule has 0 radical (unpaired) electrons. The smallest absolute Gasteiger partial charge is 0.326 e. The van der Waals surface area contributed by atoms with Gasteiger partial charge in [-0.2, -0.15) is 0 Å². The van der Waals surface area contributed by atoms with E-state index in [2.05, 4.69) is 15.4 Å². The fraction of sp³-hybridized carbons (Fsp3) is 0.636. The number of esters is 1. The SMILES string of the molecule is COC(=O)CC[C@H](NC(=O)N1CCNC(=O)C1)C(=O)O. The van der Waals surface area contributed by atoms with Gasteiger partial charge in [-0.15, -0.1) is 0 Å². The van der Waals surface area contributed by atoms with Gasteiger partial charge >= 0.3 is 18.0 Å². The highest BCUT2D eigenvalue weighted by Gasteiger charge is 2.26. The lowest BCUT2D eigenvalue weighted by atomic mass is 10.1. The zero-order valence-electron chi connectivity index (χ0n) is 11.0. The van der Waals surface area contributed by atoms with Gasteiger partial charge in [-0.3, -0.25) is 9.59 Å². The van der Waals surface area contributed by atoms with Crippen LogP contribution >= 0.6 is 0 Å². The van der Waals surface area contributed by atoms with Crippen molar-refractivity contribution in [1.82, 2.24) is 15.5 Å². The van der Waals surface area contributed by atoms with Crippen LogP contribution in [-0.4, -0.2) is 66.7 Å². The van der Waals surface area contributed by atoms with Crippen molar-refractivity contribution in [3.05, 3.63) is 0 Å². The summed E-state index contributed by atoms with van der Waals surface area (Å²) in [5, 5.41) is 13.8. The maximum Gasteiger partial charge on any atom is 0.326 e. The Morgan fingerprint density at radius 3 is 2.75 bits per heavy atom. The predicted octanol–water partition coefficient (Wildman–Crippen LogP) is -1.47. The first-order valence-electron chi connectivity index (χ1n) is 6.05. The van der Waals surface area contributed by atoms with Crippen molar-refractivity contribution >= 4 is 23.9 Å². The van der Waals surface area contributed by atoms with E-state index in [0.717, 1.165) is 0 Å². The summed E-state index contributed by atoms with van der Waals surface area (Å²) in [6.45, 7) is 0.516. The number of carbonyl (C=O) groups excluding carboxylic acids is 3. The highest BCUT2D eigenvalue weighted by molar-refractivity contribution is 5.87. The van der Waals surface area contributed by atoms with Gasteiger partial charge in [-0.05, 0) is 6.42 Å². The van der Waals surface area contributed by atoms with Crippen molar-refractivity contribution in [2.24, 2.45) is 0 Å². The van der Waals surface area contributed by atoms with E-state index < -0.39 is 24.0 Å². The predicted molar refractivity (Wildman–Crippen MR) is 65.8 cm³/mol. The molecule has 1 aliphatic heterocycles. The average Bonchev–Trinajstić information content (AvgIpc) is 2.42. The van der Waals surface area contributed by atoms with Crippen molar-refractivity contribution in [2.75, 3.05) is 26.7 Å². The number of methoxy groups -OCH3 is 1. The largest absolute Gasteiger partial charge is 0.480 e. The fourth-order valence-corrected chi connectivity index (χ4v) is 1.67. The molecule has 0 aromatic carbocycles. The minimum atomic E-state index is -1.25. The number of carboxylic acid groups (broad SMARTS) is 1. The quantitative estimate of drug-likeness (QED) is 0.530. The van der Waals surface area contributed by atoms with Crippen LogP contribution in [0, 0.1) is 0 Å². The van der Waals surface area contributed by atoms with Gasteiger partial charge in [-0.1, -0.05) is 0 Å². The summed E-state index contributed by atoms with van der Waals surface area (Å²) >= 11 is 0. The Morgan fingerprint density at radius 1 is 1.50 bits per heavy atom. The molecular weight excluding hydrogens is 270 g/mol. The van der Waals surface area contributed by atoms with Crippen LogP contribution in [0.25, 0.3) is 0 Å². The number of hydrogen-bond donors (Lipinski definition) is 3. The summed E-state index contributed by atoms with van der Waals surface area (Å²) in [7, 11) is 1.20. The molecule has 0 aliphatic carbocycles. The summed E-state index contributed by atoms with van der Waals surface area (Å²) in [6, 6.07) is -1.84. The Hall–Kier alpha value is -2.32. The number of piperazine rings is 1. The minimum Gasteiger partial charge on any atom is -0.480 e. The lowest BCUT2D eigenvalue weighted by molar-refractivity contribution is -0.142. The molecule has 0 saturated carbocycles. The van der Waals surface area contributed by atoms with Crippen LogP contribution in [0.5, 0.6) is 0 Å². The molecule has 1 rings (SSSR count). The zero-order chi connectivity index (χ0) is 15.1. The van der Waals surface area contributed by atoms with Crippen LogP contribution in [-0.2, 0) is 19.1 Å². The Bertz CT molecular complexity index is 411. The third-order valence-electron chi connectivity index (χ3n) is 2.79. The van der Waals surface area contributed by atoms with E-state index in [1.807, 2.05) is 0 Å². The summed E-state index contributed by atoms with van der Waals surface area (Å²) in [4.78, 5) is 46.2. The number of rotatable bonds is 5. The summed E-state index contributed by atoms with van der Waals surface area (Å²) in [5.74, 6) is -2.10. The molecule has 1 saturated heterocycles. The number of urea groups is 1. The molecule has 0 bridgehead atoms. The van der Waals surface area contributed by atoms with Crippen LogP contribution in [0.2, 0.25) is 0 Å². The molecule has 3 N–H and O–H groups in total. The third-order valence-corrected chi connectivity index (χ3v) is 2.79. The van der Waals surface area contributed by atoms with Gasteiger partial charge < -0.3 is 25.4 Å². The van der Waals surface area contributed by atoms with Crippen molar-refractivity contribution < 1.29 is 29.0 Å². The Morgan fingerprint density at radius 2 is 2.20 bits per heavy atom. The Balaban J connectivity index is 2.51. The van der Waals surface area contributed by atoms with Gasteiger partial charge in [0.05, 0.1) is 7.11 Å². The Labute approximate surface area is 115 Å². The molecule has 9 nitrogen and oxygen atoms in total. The van der Waals surface area contributed by atoms with E-state index in [1.165, 1.54) is 12.0 Å². The molecular formula is C11H17N3O6. The van der Waals surface area contributed by atoms with Crippen LogP contribution in [0.15, 0.2) is 0 Å². The molecule has 112 valence electrons. The number of nitrogens with one attached hydrogen (secondary N) is 2. The van der Waals surface area contributed by atoms with E-state index in [-0.39, 0.29) is 25.3 Å². The number of carboxylic acids is 1. The Kier molecular flexibility index (Phi) is 5.75. The van der Waals surface area contributed by atoms with Crippen LogP contribution < -0.4 is 10.6 Å². The second-order valence-electron chi connectivity index (χ2n) is 4.23. The van der Waals surface area contributed by atoms with Crippen molar-refractivity contribution in [2.45, 2.75) is 18.9 Å². The molecule has 20 heavy (non-hydrogen) atoms. The molecule has 0 aromatic heterocycles. The monoisotopic (exact) mass is 287 g/mol. The third kappa shape index (κ3) is 4.75. The number of aliphatic carboxylic acids is 1. The van der Waals surface area contributed by atoms with E-state index in [0.29, 0.717) is 13.1 Å². The van der Waals surface area contributed by atoms with Crippen molar-refractivity contribution in [3.63, 3.8) is 0 Å². The lowest BCUT2D eigenvalue weighted by Crippen LogP contribution is -2.55. The van der Waals surface area contributed by atoms with Crippen LogP contribution in [0.1, 0.15) is 12.8 Å². The van der Waals surface area contributed by atoms with Gasteiger partial charge in [0.2, 0.25) is 5.91 Å². The molecule has 1 aliphatic rings.